The second-order valence-electron chi connectivity index (χ2n) is 9.03. The van der Waals surface area contributed by atoms with E-state index in [1.807, 2.05) is 47.4 Å². The van der Waals surface area contributed by atoms with Gasteiger partial charge in [0.05, 0.1) is 22.9 Å². The fraction of sp³-hybridized carbons (Fsp3) is 0.161. The molecule has 0 aliphatic carbocycles. The normalized spacial score (nSPS) is 13.9. The van der Waals surface area contributed by atoms with Gasteiger partial charge in [0.25, 0.3) is 11.8 Å². The van der Waals surface area contributed by atoms with Crippen molar-refractivity contribution in [3.8, 4) is 0 Å². The van der Waals surface area contributed by atoms with Crippen LogP contribution < -0.4 is 5.32 Å². The SMILES string of the molecule is O=C(Nc1ccccc1C(=O)N1CCN(C(c2ccccc2)c2ccccc2)CC1)c1ccccc1Br. The molecule has 1 aliphatic heterocycles. The van der Waals surface area contributed by atoms with Gasteiger partial charge in [-0.15, -0.1) is 0 Å². The summed E-state index contributed by atoms with van der Waals surface area (Å²) < 4.78 is 0.707. The van der Waals surface area contributed by atoms with Crippen LogP contribution in [0.2, 0.25) is 0 Å². The lowest BCUT2D eigenvalue weighted by molar-refractivity contribution is 0.0598. The van der Waals surface area contributed by atoms with Crippen LogP contribution in [0.3, 0.4) is 0 Å². The van der Waals surface area contributed by atoms with Crippen LogP contribution in [0, 0.1) is 0 Å². The van der Waals surface area contributed by atoms with Crippen molar-refractivity contribution in [1.82, 2.24) is 9.80 Å². The topological polar surface area (TPSA) is 52.7 Å². The van der Waals surface area contributed by atoms with Gasteiger partial charge in [-0.2, -0.15) is 0 Å². The van der Waals surface area contributed by atoms with E-state index in [0.29, 0.717) is 34.4 Å². The zero-order valence-corrected chi connectivity index (χ0v) is 22.0. The molecule has 0 bridgehead atoms. The predicted octanol–water partition coefficient (Wildman–Crippen LogP) is 6.25. The molecule has 2 amide bonds. The summed E-state index contributed by atoms with van der Waals surface area (Å²) in [5.74, 6) is -0.329. The lowest BCUT2D eigenvalue weighted by Crippen LogP contribution is -2.50. The minimum atomic E-state index is -0.258. The number of nitrogens with one attached hydrogen (secondary N) is 1. The van der Waals surface area contributed by atoms with Gasteiger partial charge < -0.3 is 10.2 Å². The number of hydrogen-bond acceptors (Lipinski definition) is 3. The van der Waals surface area contributed by atoms with E-state index in [2.05, 4.69) is 74.7 Å². The number of hydrogen-bond donors (Lipinski definition) is 1. The van der Waals surface area contributed by atoms with Crippen molar-refractivity contribution in [2.45, 2.75) is 6.04 Å². The van der Waals surface area contributed by atoms with Gasteiger partial charge in [0.2, 0.25) is 0 Å². The Bertz CT molecular complexity index is 1330. The zero-order chi connectivity index (χ0) is 25.6. The molecular formula is C31H28BrN3O2. The summed E-state index contributed by atoms with van der Waals surface area (Å²) in [5, 5.41) is 2.93. The third kappa shape index (κ3) is 5.66. The molecule has 0 spiro atoms. The zero-order valence-electron chi connectivity index (χ0n) is 20.4. The molecule has 1 heterocycles. The molecule has 1 N–H and O–H groups in total. The molecule has 0 atom stereocenters. The minimum Gasteiger partial charge on any atom is -0.336 e. The summed E-state index contributed by atoms with van der Waals surface area (Å²) >= 11 is 3.43. The van der Waals surface area contributed by atoms with Gasteiger partial charge in [-0.25, -0.2) is 0 Å². The first-order valence-corrected chi connectivity index (χ1v) is 13.2. The van der Waals surface area contributed by atoms with E-state index in [-0.39, 0.29) is 17.9 Å². The highest BCUT2D eigenvalue weighted by atomic mass is 79.9. The number of rotatable bonds is 6. The van der Waals surface area contributed by atoms with Crippen molar-refractivity contribution in [1.29, 1.82) is 0 Å². The average Bonchev–Trinajstić information content (AvgIpc) is 2.95. The first-order chi connectivity index (χ1) is 18.1. The molecule has 0 unspecified atom stereocenters. The Morgan fingerprint density at radius 2 is 1.16 bits per heavy atom. The lowest BCUT2D eigenvalue weighted by Gasteiger charge is -2.40. The standard InChI is InChI=1S/C31H28BrN3O2/c32-27-17-9-7-15-25(27)30(36)33-28-18-10-8-16-26(28)31(37)35-21-19-34(20-22-35)29(23-11-3-1-4-12-23)24-13-5-2-6-14-24/h1-18,29H,19-22H2,(H,33,36). The van der Waals surface area contributed by atoms with Crippen LogP contribution in [0.4, 0.5) is 5.69 Å². The number of nitrogens with zero attached hydrogens (tertiary/aromatic N) is 2. The number of carbonyl (C=O) groups excluding carboxylic acids is 2. The van der Waals surface area contributed by atoms with Crippen LogP contribution in [0.1, 0.15) is 37.9 Å². The van der Waals surface area contributed by atoms with E-state index in [9.17, 15) is 9.59 Å². The van der Waals surface area contributed by atoms with Crippen molar-refractivity contribution >= 4 is 33.4 Å². The van der Waals surface area contributed by atoms with Crippen LogP contribution in [0.15, 0.2) is 114 Å². The fourth-order valence-electron chi connectivity index (χ4n) is 4.85. The van der Waals surface area contributed by atoms with E-state index in [4.69, 9.17) is 0 Å². The largest absolute Gasteiger partial charge is 0.336 e. The molecule has 0 aromatic heterocycles. The van der Waals surface area contributed by atoms with Gasteiger partial charge in [0.1, 0.15) is 0 Å². The first kappa shape index (κ1) is 24.9. The van der Waals surface area contributed by atoms with Gasteiger partial charge in [0, 0.05) is 30.7 Å². The average molecular weight is 554 g/mol. The number of halogens is 1. The maximum Gasteiger partial charge on any atom is 0.256 e. The summed E-state index contributed by atoms with van der Waals surface area (Å²) in [4.78, 5) is 30.8. The molecule has 37 heavy (non-hydrogen) atoms. The molecule has 5 nitrogen and oxygen atoms in total. The molecule has 0 radical (unpaired) electrons. The molecule has 186 valence electrons. The summed E-state index contributed by atoms with van der Waals surface area (Å²) in [6, 6.07) is 35.6. The van der Waals surface area contributed by atoms with E-state index in [1.165, 1.54) is 11.1 Å². The molecule has 1 aliphatic rings. The monoisotopic (exact) mass is 553 g/mol. The van der Waals surface area contributed by atoms with Crippen molar-refractivity contribution in [2.75, 3.05) is 31.5 Å². The van der Waals surface area contributed by atoms with E-state index >= 15 is 0 Å². The molecule has 4 aromatic carbocycles. The van der Waals surface area contributed by atoms with Crippen molar-refractivity contribution in [2.24, 2.45) is 0 Å². The Balaban J connectivity index is 1.31. The lowest BCUT2D eigenvalue weighted by atomic mass is 9.96. The third-order valence-electron chi connectivity index (χ3n) is 6.72. The van der Waals surface area contributed by atoms with Gasteiger partial charge in [0.15, 0.2) is 0 Å². The van der Waals surface area contributed by atoms with E-state index in [1.54, 1.807) is 18.2 Å². The highest BCUT2D eigenvalue weighted by Crippen LogP contribution is 2.30. The van der Waals surface area contributed by atoms with Crippen molar-refractivity contribution < 1.29 is 9.59 Å². The number of amides is 2. The second kappa shape index (κ2) is 11.5. The Kier molecular flexibility index (Phi) is 7.78. The van der Waals surface area contributed by atoms with Crippen LogP contribution in [0.5, 0.6) is 0 Å². The first-order valence-electron chi connectivity index (χ1n) is 12.4. The van der Waals surface area contributed by atoms with Crippen LogP contribution in [0.25, 0.3) is 0 Å². The molecule has 1 fully saturated rings. The molecule has 1 saturated heterocycles. The van der Waals surface area contributed by atoms with Crippen LogP contribution >= 0.6 is 15.9 Å². The van der Waals surface area contributed by atoms with Crippen molar-refractivity contribution in [3.63, 3.8) is 0 Å². The van der Waals surface area contributed by atoms with Gasteiger partial charge in [-0.3, -0.25) is 14.5 Å². The van der Waals surface area contributed by atoms with Crippen LogP contribution in [-0.2, 0) is 0 Å². The quantitative estimate of drug-likeness (QED) is 0.307. The number of piperazine rings is 1. The highest BCUT2D eigenvalue weighted by molar-refractivity contribution is 9.10. The maximum atomic E-state index is 13.6. The molecule has 6 heteroatoms. The number of carbonyl (C=O) groups is 2. The Hall–Kier alpha value is -3.74. The summed E-state index contributed by atoms with van der Waals surface area (Å²) in [6.45, 7) is 2.74. The van der Waals surface area contributed by atoms with E-state index in [0.717, 1.165) is 13.1 Å². The smallest absolute Gasteiger partial charge is 0.256 e. The van der Waals surface area contributed by atoms with Crippen molar-refractivity contribution in [3.05, 3.63) is 136 Å². The number of benzene rings is 4. The van der Waals surface area contributed by atoms with Gasteiger partial charge in [-0.05, 0) is 51.3 Å². The Labute approximate surface area is 225 Å². The third-order valence-corrected chi connectivity index (χ3v) is 7.41. The fourth-order valence-corrected chi connectivity index (χ4v) is 5.32. The molecule has 4 aromatic rings. The summed E-state index contributed by atoms with van der Waals surface area (Å²) in [6.07, 6.45) is 0. The molecule has 5 rings (SSSR count). The van der Waals surface area contributed by atoms with Gasteiger partial charge >= 0.3 is 0 Å². The highest BCUT2D eigenvalue weighted by Gasteiger charge is 2.29. The number of anilines is 1. The Morgan fingerprint density at radius 1 is 0.649 bits per heavy atom. The van der Waals surface area contributed by atoms with Crippen LogP contribution in [-0.4, -0.2) is 47.8 Å². The predicted molar refractivity (Wildman–Crippen MR) is 151 cm³/mol. The second-order valence-corrected chi connectivity index (χ2v) is 9.89. The maximum absolute atomic E-state index is 13.6. The summed E-state index contributed by atoms with van der Waals surface area (Å²) in [7, 11) is 0. The molecule has 0 saturated carbocycles. The number of para-hydroxylation sites is 1. The molecular weight excluding hydrogens is 526 g/mol. The minimum absolute atomic E-state index is 0.0707. The summed E-state index contributed by atoms with van der Waals surface area (Å²) in [5.41, 5.74) is 4.02. The van der Waals surface area contributed by atoms with Gasteiger partial charge in [-0.1, -0.05) is 84.9 Å². The van der Waals surface area contributed by atoms with E-state index < -0.39 is 0 Å². The Morgan fingerprint density at radius 3 is 1.76 bits per heavy atom.